The second-order valence-corrected chi connectivity index (χ2v) is 6.63. The highest BCUT2D eigenvalue weighted by Gasteiger charge is 2.56. The molecule has 2 saturated carbocycles. The van der Waals surface area contributed by atoms with Crippen LogP contribution < -0.4 is 5.73 Å². The number of benzene rings is 1. The Kier molecular flexibility index (Phi) is 2.70. The standard InChI is InChI=1S/C14H17Cl2N/c15-11-3-2-10(6-12(11)16)14(9-17)7-13(8-14)4-1-5-13/h2-3,6H,1,4-5,7-9,17H2. The number of halogens is 2. The lowest BCUT2D eigenvalue weighted by Crippen LogP contribution is -2.56. The van der Waals surface area contributed by atoms with E-state index in [2.05, 4.69) is 6.07 Å². The van der Waals surface area contributed by atoms with Gasteiger partial charge in [-0.05, 0) is 48.8 Å². The fourth-order valence-electron chi connectivity index (χ4n) is 3.71. The molecule has 0 saturated heterocycles. The predicted octanol–water partition coefficient (Wildman–Crippen LogP) is 4.15. The van der Waals surface area contributed by atoms with Gasteiger partial charge >= 0.3 is 0 Å². The molecule has 0 heterocycles. The maximum atomic E-state index is 6.10. The number of hydrogen-bond acceptors (Lipinski definition) is 1. The minimum absolute atomic E-state index is 0.161. The summed E-state index contributed by atoms with van der Waals surface area (Å²) in [4.78, 5) is 0. The molecule has 0 aliphatic heterocycles. The van der Waals surface area contributed by atoms with Gasteiger partial charge in [0.25, 0.3) is 0 Å². The minimum Gasteiger partial charge on any atom is -0.330 e. The first-order valence-electron chi connectivity index (χ1n) is 6.25. The van der Waals surface area contributed by atoms with Crippen LogP contribution >= 0.6 is 23.2 Å². The van der Waals surface area contributed by atoms with Crippen LogP contribution in [0.3, 0.4) is 0 Å². The van der Waals surface area contributed by atoms with Crippen LogP contribution in [0.4, 0.5) is 0 Å². The van der Waals surface area contributed by atoms with Crippen molar-refractivity contribution in [2.45, 2.75) is 37.5 Å². The SMILES string of the molecule is NCC1(c2ccc(Cl)c(Cl)c2)CC2(CCC2)C1. The molecule has 0 amide bonds. The average Bonchev–Trinajstić information content (AvgIpc) is 2.20. The molecular weight excluding hydrogens is 253 g/mol. The Morgan fingerprint density at radius 2 is 1.82 bits per heavy atom. The topological polar surface area (TPSA) is 26.0 Å². The second-order valence-electron chi connectivity index (χ2n) is 5.82. The highest BCUT2D eigenvalue weighted by atomic mass is 35.5. The third-order valence-electron chi connectivity index (χ3n) is 4.76. The molecule has 2 fully saturated rings. The Labute approximate surface area is 112 Å². The summed E-state index contributed by atoms with van der Waals surface area (Å²) in [6, 6.07) is 5.98. The van der Waals surface area contributed by atoms with Crippen molar-refractivity contribution in [2.24, 2.45) is 11.1 Å². The molecule has 1 aromatic rings. The molecule has 17 heavy (non-hydrogen) atoms. The van der Waals surface area contributed by atoms with E-state index in [-0.39, 0.29) is 5.41 Å². The second kappa shape index (κ2) is 3.88. The largest absolute Gasteiger partial charge is 0.330 e. The maximum absolute atomic E-state index is 6.10. The van der Waals surface area contributed by atoms with E-state index in [1.165, 1.54) is 37.7 Å². The molecule has 0 bridgehead atoms. The molecule has 0 unspecified atom stereocenters. The zero-order valence-corrected chi connectivity index (χ0v) is 11.3. The van der Waals surface area contributed by atoms with Gasteiger partial charge < -0.3 is 5.73 Å². The van der Waals surface area contributed by atoms with Gasteiger partial charge in [-0.2, -0.15) is 0 Å². The van der Waals surface area contributed by atoms with E-state index in [0.29, 0.717) is 22.0 Å². The molecule has 3 rings (SSSR count). The van der Waals surface area contributed by atoms with Gasteiger partial charge in [0, 0.05) is 12.0 Å². The molecular formula is C14H17Cl2N. The van der Waals surface area contributed by atoms with Crippen molar-refractivity contribution in [2.75, 3.05) is 6.54 Å². The van der Waals surface area contributed by atoms with Crippen LogP contribution in [0.5, 0.6) is 0 Å². The fourth-order valence-corrected chi connectivity index (χ4v) is 4.00. The first kappa shape index (κ1) is 11.8. The Hall–Kier alpha value is -0.240. The smallest absolute Gasteiger partial charge is 0.0595 e. The van der Waals surface area contributed by atoms with E-state index in [1.54, 1.807) is 0 Å². The lowest BCUT2D eigenvalue weighted by atomic mass is 9.44. The van der Waals surface area contributed by atoms with Crippen LogP contribution in [0.2, 0.25) is 10.0 Å². The normalized spacial score (nSPS) is 24.2. The molecule has 3 heteroatoms. The van der Waals surface area contributed by atoms with Crippen molar-refractivity contribution in [1.82, 2.24) is 0 Å². The summed E-state index contributed by atoms with van der Waals surface area (Å²) >= 11 is 12.1. The van der Waals surface area contributed by atoms with Crippen molar-refractivity contribution >= 4 is 23.2 Å². The van der Waals surface area contributed by atoms with Crippen LogP contribution in [0, 0.1) is 5.41 Å². The van der Waals surface area contributed by atoms with Gasteiger partial charge in [0.15, 0.2) is 0 Å². The van der Waals surface area contributed by atoms with E-state index in [1.807, 2.05) is 12.1 Å². The number of rotatable bonds is 2. The Bertz CT molecular complexity index is 444. The van der Waals surface area contributed by atoms with E-state index in [0.717, 1.165) is 0 Å². The lowest BCUT2D eigenvalue weighted by Gasteiger charge is -2.61. The quantitative estimate of drug-likeness (QED) is 0.858. The van der Waals surface area contributed by atoms with Crippen molar-refractivity contribution in [1.29, 1.82) is 0 Å². The maximum Gasteiger partial charge on any atom is 0.0595 e. The van der Waals surface area contributed by atoms with Gasteiger partial charge in [0.05, 0.1) is 10.0 Å². The van der Waals surface area contributed by atoms with Crippen LogP contribution in [0.25, 0.3) is 0 Å². The van der Waals surface area contributed by atoms with Gasteiger partial charge in [0.1, 0.15) is 0 Å². The lowest BCUT2D eigenvalue weighted by molar-refractivity contribution is -0.0446. The van der Waals surface area contributed by atoms with Crippen molar-refractivity contribution in [3.8, 4) is 0 Å². The highest BCUT2D eigenvalue weighted by molar-refractivity contribution is 6.42. The monoisotopic (exact) mass is 269 g/mol. The first-order chi connectivity index (χ1) is 8.09. The summed E-state index contributed by atoms with van der Waals surface area (Å²) in [6.45, 7) is 0.715. The summed E-state index contributed by atoms with van der Waals surface area (Å²) in [5, 5.41) is 1.27. The third-order valence-corrected chi connectivity index (χ3v) is 5.50. The van der Waals surface area contributed by atoms with Crippen LogP contribution in [-0.2, 0) is 5.41 Å². The molecule has 1 spiro atoms. The summed E-state index contributed by atoms with van der Waals surface area (Å²) in [5.74, 6) is 0. The molecule has 92 valence electrons. The van der Waals surface area contributed by atoms with E-state index >= 15 is 0 Å². The van der Waals surface area contributed by atoms with Crippen LogP contribution in [0.15, 0.2) is 18.2 Å². The molecule has 2 aliphatic carbocycles. The first-order valence-corrected chi connectivity index (χ1v) is 7.01. The Morgan fingerprint density at radius 3 is 2.29 bits per heavy atom. The fraction of sp³-hybridized carbons (Fsp3) is 0.571. The van der Waals surface area contributed by atoms with Crippen molar-refractivity contribution in [3.63, 3.8) is 0 Å². The third kappa shape index (κ3) is 1.71. The zero-order valence-electron chi connectivity index (χ0n) is 9.81. The predicted molar refractivity (Wildman–Crippen MR) is 72.7 cm³/mol. The molecule has 2 aliphatic rings. The molecule has 1 nitrogen and oxygen atoms in total. The van der Waals surface area contributed by atoms with Crippen LogP contribution in [0.1, 0.15) is 37.7 Å². The van der Waals surface area contributed by atoms with Gasteiger partial charge in [0.2, 0.25) is 0 Å². The number of nitrogens with two attached hydrogens (primary N) is 1. The number of hydrogen-bond donors (Lipinski definition) is 1. The molecule has 1 aromatic carbocycles. The van der Waals surface area contributed by atoms with E-state index < -0.39 is 0 Å². The van der Waals surface area contributed by atoms with Gasteiger partial charge in [-0.1, -0.05) is 35.7 Å². The van der Waals surface area contributed by atoms with Crippen LogP contribution in [-0.4, -0.2) is 6.54 Å². The van der Waals surface area contributed by atoms with Gasteiger partial charge in [-0.15, -0.1) is 0 Å². The molecule has 0 aromatic heterocycles. The van der Waals surface area contributed by atoms with Crippen molar-refractivity contribution < 1.29 is 0 Å². The summed E-state index contributed by atoms with van der Waals surface area (Å²) < 4.78 is 0. The highest BCUT2D eigenvalue weighted by Crippen LogP contribution is 2.64. The molecule has 0 atom stereocenters. The molecule has 2 N–H and O–H groups in total. The van der Waals surface area contributed by atoms with Gasteiger partial charge in [-0.3, -0.25) is 0 Å². The van der Waals surface area contributed by atoms with E-state index in [9.17, 15) is 0 Å². The minimum atomic E-state index is 0.161. The Morgan fingerprint density at radius 1 is 1.12 bits per heavy atom. The average molecular weight is 270 g/mol. The summed E-state index contributed by atoms with van der Waals surface area (Å²) in [6.07, 6.45) is 6.62. The zero-order chi connectivity index (χ0) is 12.1. The summed E-state index contributed by atoms with van der Waals surface area (Å²) in [5.41, 5.74) is 8.06. The Balaban J connectivity index is 1.88. The summed E-state index contributed by atoms with van der Waals surface area (Å²) in [7, 11) is 0. The van der Waals surface area contributed by atoms with Crippen molar-refractivity contribution in [3.05, 3.63) is 33.8 Å². The van der Waals surface area contributed by atoms with Gasteiger partial charge in [-0.25, -0.2) is 0 Å². The van der Waals surface area contributed by atoms with E-state index in [4.69, 9.17) is 28.9 Å². The molecule has 0 radical (unpaired) electrons.